The van der Waals surface area contributed by atoms with Crippen LogP contribution in [-0.2, 0) is 10.0 Å². The Morgan fingerprint density at radius 1 is 1.11 bits per heavy atom. The highest BCUT2D eigenvalue weighted by Gasteiger charge is 2.29. The number of fused-ring (bicyclic) bond motifs is 1. The molecule has 8 heteroatoms. The van der Waals surface area contributed by atoms with Crippen LogP contribution in [0.15, 0.2) is 47.4 Å². The summed E-state index contributed by atoms with van der Waals surface area (Å²) in [6.07, 6.45) is 2.86. The number of sulfonamides is 1. The number of thiazole rings is 1. The van der Waals surface area contributed by atoms with E-state index in [9.17, 15) is 8.42 Å². The quantitative estimate of drug-likeness (QED) is 0.690. The molecule has 1 fully saturated rings. The Bertz CT molecular complexity index is 1020. The fourth-order valence-corrected chi connectivity index (χ4v) is 5.83. The molecule has 1 aliphatic rings. The van der Waals surface area contributed by atoms with E-state index in [4.69, 9.17) is 4.74 Å². The number of hydrogen-bond acceptors (Lipinski definition) is 6. The smallest absolute Gasteiger partial charge is 0.246 e. The lowest BCUT2D eigenvalue weighted by Gasteiger charge is -2.26. The van der Waals surface area contributed by atoms with E-state index < -0.39 is 10.0 Å². The van der Waals surface area contributed by atoms with Crippen LogP contribution in [0.1, 0.15) is 19.3 Å². The van der Waals surface area contributed by atoms with E-state index in [1.54, 1.807) is 22.5 Å². The van der Waals surface area contributed by atoms with Crippen LogP contribution in [0.25, 0.3) is 10.2 Å². The number of nitrogens with one attached hydrogen (secondary N) is 1. The van der Waals surface area contributed by atoms with Gasteiger partial charge in [-0.15, -0.1) is 0 Å². The summed E-state index contributed by atoms with van der Waals surface area (Å²) in [6, 6.07) is 13.0. The van der Waals surface area contributed by atoms with E-state index in [1.165, 1.54) is 18.4 Å². The zero-order valence-electron chi connectivity index (χ0n) is 15.0. The molecular weight excluding hydrogens is 382 g/mol. The van der Waals surface area contributed by atoms with Gasteiger partial charge in [0.2, 0.25) is 10.0 Å². The molecule has 6 nitrogen and oxygen atoms in total. The van der Waals surface area contributed by atoms with Gasteiger partial charge >= 0.3 is 0 Å². The summed E-state index contributed by atoms with van der Waals surface area (Å²) in [7, 11) is -2.10. The van der Waals surface area contributed by atoms with Gasteiger partial charge in [-0.3, -0.25) is 0 Å². The molecule has 27 heavy (non-hydrogen) atoms. The van der Waals surface area contributed by atoms with Gasteiger partial charge in [0.05, 0.1) is 17.3 Å². The van der Waals surface area contributed by atoms with Gasteiger partial charge in [-0.05, 0) is 43.2 Å². The van der Waals surface area contributed by atoms with Crippen molar-refractivity contribution in [3.05, 3.63) is 42.5 Å². The average molecular weight is 404 g/mol. The number of benzene rings is 2. The first-order valence-corrected chi connectivity index (χ1v) is 11.1. The molecule has 4 rings (SSSR count). The Morgan fingerprint density at radius 3 is 2.63 bits per heavy atom. The second-order valence-electron chi connectivity index (χ2n) is 6.44. The summed E-state index contributed by atoms with van der Waals surface area (Å²) in [5.41, 5.74) is 1.59. The molecule has 2 heterocycles. The van der Waals surface area contributed by atoms with Crippen LogP contribution in [0.3, 0.4) is 0 Å². The fraction of sp³-hybridized carbons (Fsp3) is 0.316. The summed E-state index contributed by atoms with van der Waals surface area (Å²) >= 11 is 1.53. The van der Waals surface area contributed by atoms with Gasteiger partial charge in [0.25, 0.3) is 0 Å². The van der Waals surface area contributed by atoms with Crippen molar-refractivity contribution < 1.29 is 13.2 Å². The summed E-state index contributed by atoms with van der Waals surface area (Å²) in [5.74, 6) is 0.357. The number of aromatic nitrogens is 1. The zero-order chi connectivity index (χ0) is 18.9. The number of methoxy groups -OCH3 is 1. The van der Waals surface area contributed by atoms with Crippen LogP contribution in [0.2, 0.25) is 0 Å². The van der Waals surface area contributed by atoms with E-state index in [0.717, 1.165) is 34.6 Å². The van der Waals surface area contributed by atoms with Crippen molar-refractivity contribution in [2.24, 2.45) is 0 Å². The van der Waals surface area contributed by atoms with Crippen molar-refractivity contribution in [2.45, 2.75) is 24.2 Å². The van der Waals surface area contributed by atoms with Gasteiger partial charge < -0.3 is 10.1 Å². The minimum absolute atomic E-state index is 0.193. The Hall–Kier alpha value is -2.16. The SMILES string of the molecule is COc1ccc(Nc2nc3ccccc3s2)cc1S(=O)(=O)N1CCCCC1. The van der Waals surface area contributed by atoms with Gasteiger partial charge in [0.1, 0.15) is 10.6 Å². The van der Waals surface area contributed by atoms with Crippen LogP contribution in [-0.4, -0.2) is 37.9 Å². The second kappa shape index (κ2) is 7.46. The average Bonchev–Trinajstić information content (AvgIpc) is 3.11. The lowest BCUT2D eigenvalue weighted by atomic mass is 10.2. The highest BCUT2D eigenvalue weighted by atomic mass is 32.2. The molecule has 2 aromatic carbocycles. The molecule has 3 aromatic rings. The molecule has 1 saturated heterocycles. The predicted octanol–water partition coefficient (Wildman–Crippen LogP) is 4.22. The maximum Gasteiger partial charge on any atom is 0.246 e. The molecule has 0 saturated carbocycles. The van der Waals surface area contributed by atoms with Crippen molar-refractivity contribution >= 4 is 42.4 Å². The number of para-hydroxylation sites is 1. The first-order chi connectivity index (χ1) is 13.1. The molecule has 1 N–H and O–H groups in total. The topological polar surface area (TPSA) is 71.5 Å². The minimum Gasteiger partial charge on any atom is -0.495 e. The van der Waals surface area contributed by atoms with Crippen LogP contribution >= 0.6 is 11.3 Å². The third-order valence-corrected chi connectivity index (χ3v) is 7.51. The molecule has 0 atom stereocenters. The predicted molar refractivity (Wildman–Crippen MR) is 109 cm³/mol. The third kappa shape index (κ3) is 3.65. The molecular formula is C19H21N3O3S2. The maximum atomic E-state index is 13.1. The van der Waals surface area contributed by atoms with E-state index in [1.807, 2.05) is 24.3 Å². The van der Waals surface area contributed by atoms with Crippen LogP contribution < -0.4 is 10.1 Å². The molecule has 0 bridgehead atoms. The molecule has 142 valence electrons. The van der Waals surface area contributed by atoms with E-state index in [-0.39, 0.29) is 4.90 Å². The van der Waals surface area contributed by atoms with Gasteiger partial charge in [-0.25, -0.2) is 13.4 Å². The van der Waals surface area contributed by atoms with Crippen molar-refractivity contribution in [2.75, 3.05) is 25.5 Å². The monoisotopic (exact) mass is 403 g/mol. The zero-order valence-corrected chi connectivity index (χ0v) is 16.6. The summed E-state index contributed by atoms with van der Waals surface area (Å²) in [6.45, 7) is 1.11. The fourth-order valence-electron chi connectivity index (χ4n) is 3.25. The first kappa shape index (κ1) is 18.2. The van der Waals surface area contributed by atoms with E-state index >= 15 is 0 Å². The van der Waals surface area contributed by atoms with Crippen LogP contribution in [0, 0.1) is 0 Å². The number of rotatable bonds is 5. The van der Waals surface area contributed by atoms with Crippen molar-refractivity contribution in [1.29, 1.82) is 0 Å². The molecule has 0 amide bonds. The van der Waals surface area contributed by atoms with Crippen molar-refractivity contribution in [3.8, 4) is 5.75 Å². The Balaban J connectivity index is 1.67. The van der Waals surface area contributed by atoms with Crippen LogP contribution in [0.4, 0.5) is 10.8 Å². The van der Waals surface area contributed by atoms with Crippen molar-refractivity contribution in [3.63, 3.8) is 0 Å². The molecule has 0 spiro atoms. The van der Waals surface area contributed by atoms with Gasteiger partial charge in [0.15, 0.2) is 5.13 Å². The molecule has 1 aromatic heterocycles. The highest BCUT2D eigenvalue weighted by Crippen LogP contribution is 2.33. The molecule has 0 aliphatic carbocycles. The lowest BCUT2D eigenvalue weighted by Crippen LogP contribution is -2.35. The standard InChI is InChI=1S/C19H21N3O3S2/c1-25-16-10-9-14(20-19-21-15-7-3-4-8-17(15)26-19)13-18(16)27(23,24)22-11-5-2-6-12-22/h3-4,7-10,13H,2,5-6,11-12H2,1H3,(H,20,21). The maximum absolute atomic E-state index is 13.1. The number of piperidine rings is 1. The summed E-state index contributed by atoms with van der Waals surface area (Å²) in [5, 5.41) is 3.95. The third-order valence-electron chi connectivity index (χ3n) is 4.64. The van der Waals surface area contributed by atoms with E-state index in [0.29, 0.717) is 24.5 Å². The summed E-state index contributed by atoms with van der Waals surface area (Å²) < 4.78 is 34.2. The number of nitrogens with zero attached hydrogens (tertiary/aromatic N) is 2. The van der Waals surface area contributed by atoms with Gasteiger partial charge in [-0.2, -0.15) is 4.31 Å². The summed E-state index contributed by atoms with van der Waals surface area (Å²) in [4.78, 5) is 4.74. The van der Waals surface area contributed by atoms with Gasteiger partial charge in [-0.1, -0.05) is 29.9 Å². The highest BCUT2D eigenvalue weighted by molar-refractivity contribution is 7.89. The van der Waals surface area contributed by atoms with Gasteiger partial charge in [0, 0.05) is 18.8 Å². The normalized spacial score (nSPS) is 15.7. The Morgan fingerprint density at radius 2 is 1.89 bits per heavy atom. The van der Waals surface area contributed by atoms with E-state index in [2.05, 4.69) is 10.3 Å². The molecule has 1 aliphatic heterocycles. The number of anilines is 2. The second-order valence-corrected chi connectivity index (χ2v) is 9.38. The number of hydrogen-bond donors (Lipinski definition) is 1. The molecule has 0 radical (unpaired) electrons. The largest absolute Gasteiger partial charge is 0.495 e. The van der Waals surface area contributed by atoms with Crippen molar-refractivity contribution in [1.82, 2.24) is 9.29 Å². The Kier molecular flexibility index (Phi) is 5.03. The lowest BCUT2D eigenvalue weighted by molar-refractivity contribution is 0.343. The first-order valence-electron chi connectivity index (χ1n) is 8.89. The van der Waals surface area contributed by atoms with Crippen LogP contribution in [0.5, 0.6) is 5.75 Å². The number of ether oxygens (including phenoxy) is 1. The Labute approximate surface area is 162 Å². The minimum atomic E-state index is -3.59. The molecule has 0 unspecified atom stereocenters.